The van der Waals surface area contributed by atoms with Crippen LogP contribution in [-0.4, -0.2) is 63.7 Å². The summed E-state index contributed by atoms with van der Waals surface area (Å²) >= 11 is 0. The van der Waals surface area contributed by atoms with Crippen LogP contribution in [-0.2, 0) is 4.79 Å². The van der Waals surface area contributed by atoms with Gasteiger partial charge in [0.25, 0.3) is 0 Å². The maximum absolute atomic E-state index is 12.1. The van der Waals surface area contributed by atoms with Gasteiger partial charge in [0.1, 0.15) is 6.33 Å². The highest BCUT2D eigenvalue weighted by atomic mass is 16.2. The molecule has 1 aromatic heterocycles. The Bertz CT molecular complexity index is 592. The smallest absolute Gasteiger partial charge is 0.238 e. The number of tetrazole rings is 1. The quantitative estimate of drug-likeness (QED) is 0.788. The molecule has 3 rings (SSSR count). The summed E-state index contributed by atoms with van der Waals surface area (Å²) in [6.45, 7) is 4.08. The molecular weight excluding hydrogens is 270 g/mol. The second-order valence-electron chi connectivity index (χ2n) is 4.88. The highest BCUT2D eigenvalue weighted by molar-refractivity contribution is 5.92. The van der Waals surface area contributed by atoms with Gasteiger partial charge in [-0.3, -0.25) is 9.69 Å². The summed E-state index contributed by atoms with van der Waals surface area (Å²) in [4.78, 5) is 14.2. The minimum absolute atomic E-state index is 0.00855. The molecule has 1 aromatic carbocycles. The molecule has 1 fully saturated rings. The predicted octanol–water partition coefficient (Wildman–Crippen LogP) is -0.494. The van der Waals surface area contributed by atoms with Crippen LogP contribution in [0.25, 0.3) is 5.69 Å². The number of rotatable bonds is 4. The van der Waals surface area contributed by atoms with E-state index in [0.717, 1.165) is 37.6 Å². The molecule has 0 saturated carbocycles. The Morgan fingerprint density at radius 3 is 2.95 bits per heavy atom. The SMILES string of the molecule is O=C(CN1CCNCC1)Nc1cccc(-n2cnnn2)c1. The number of carbonyl (C=O) groups is 1. The highest BCUT2D eigenvalue weighted by Crippen LogP contribution is 2.13. The van der Waals surface area contributed by atoms with E-state index in [1.165, 1.54) is 6.33 Å². The molecule has 2 aromatic rings. The van der Waals surface area contributed by atoms with Crippen LogP contribution in [0, 0.1) is 0 Å². The van der Waals surface area contributed by atoms with Crippen molar-refractivity contribution in [3.8, 4) is 5.69 Å². The lowest BCUT2D eigenvalue weighted by atomic mass is 10.2. The third kappa shape index (κ3) is 3.61. The van der Waals surface area contributed by atoms with Crippen LogP contribution in [0.4, 0.5) is 5.69 Å². The first-order chi connectivity index (χ1) is 10.3. The zero-order valence-corrected chi connectivity index (χ0v) is 11.6. The lowest BCUT2D eigenvalue weighted by Gasteiger charge is -2.26. The largest absolute Gasteiger partial charge is 0.325 e. The number of hydrogen-bond donors (Lipinski definition) is 2. The van der Waals surface area contributed by atoms with E-state index in [1.54, 1.807) is 4.68 Å². The van der Waals surface area contributed by atoms with E-state index in [-0.39, 0.29) is 5.91 Å². The minimum atomic E-state index is -0.00855. The molecule has 0 atom stereocenters. The van der Waals surface area contributed by atoms with Gasteiger partial charge in [-0.05, 0) is 28.6 Å². The van der Waals surface area contributed by atoms with Crippen molar-refractivity contribution in [2.24, 2.45) is 0 Å². The van der Waals surface area contributed by atoms with Crippen molar-refractivity contribution in [1.29, 1.82) is 0 Å². The topological polar surface area (TPSA) is 88.0 Å². The molecule has 2 heterocycles. The average molecular weight is 287 g/mol. The normalized spacial score (nSPS) is 15.8. The van der Waals surface area contributed by atoms with E-state index in [4.69, 9.17) is 0 Å². The van der Waals surface area contributed by atoms with Crippen LogP contribution in [0.2, 0.25) is 0 Å². The van der Waals surface area contributed by atoms with Crippen LogP contribution in [0.1, 0.15) is 0 Å². The third-order valence-corrected chi connectivity index (χ3v) is 3.32. The van der Waals surface area contributed by atoms with Crippen molar-refractivity contribution in [3.63, 3.8) is 0 Å². The first-order valence-corrected chi connectivity index (χ1v) is 6.87. The lowest BCUT2D eigenvalue weighted by Crippen LogP contribution is -2.46. The van der Waals surface area contributed by atoms with Gasteiger partial charge in [0.05, 0.1) is 12.2 Å². The van der Waals surface area contributed by atoms with Crippen molar-refractivity contribution in [1.82, 2.24) is 30.4 Å². The van der Waals surface area contributed by atoms with Gasteiger partial charge in [0.15, 0.2) is 0 Å². The van der Waals surface area contributed by atoms with Gasteiger partial charge >= 0.3 is 0 Å². The number of piperazine rings is 1. The minimum Gasteiger partial charge on any atom is -0.325 e. The van der Waals surface area contributed by atoms with Gasteiger partial charge < -0.3 is 10.6 Å². The Kier molecular flexibility index (Phi) is 4.17. The Labute approximate surface area is 122 Å². The summed E-state index contributed by atoms with van der Waals surface area (Å²) in [5.74, 6) is -0.00855. The molecule has 8 nitrogen and oxygen atoms in total. The third-order valence-electron chi connectivity index (χ3n) is 3.32. The Hall–Kier alpha value is -2.32. The van der Waals surface area contributed by atoms with Crippen molar-refractivity contribution in [2.45, 2.75) is 0 Å². The molecule has 110 valence electrons. The Balaban J connectivity index is 1.62. The first kappa shape index (κ1) is 13.7. The lowest BCUT2D eigenvalue weighted by molar-refractivity contribution is -0.117. The number of benzene rings is 1. The summed E-state index contributed by atoms with van der Waals surface area (Å²) in [7, 11) is 0. The van der Waals surface area contributed by atoms with E-state index >= 15 is 0 Å². The number of aromatic nitrogens is 4. The van der Waals surface area contributed by atoms with E-state index in [2.05, 4.69) is 31.1 Å². The maximum atomic E-state index is 12.1. The van der Waals surface area contributed by atoms with Crippen molar-refractivity contribution in [3.05, 3.63) is 30.6 Å². The van der Waals surface area contributed by atoms with E-state index in [1.807, 2.05) is 24.3 Å². The van der Waals surface area contributed by atoms with Gasteiger partial charge in [-0.2, -0.15) is 0 Å². The highest BCUT2D eigenvalue weighted by Gasteiger charge is 2.13. The summed E-state index contributed by atoms with van der Waals surface area (Å²) in [5.41, 5.74) is 1.54. The van der Waals surface area contributed by atoms with Gasteiger partial charge in [-0.25, -0.2) is 4.68 Å². The summed E-state index contributed by atoms with van der Waals surface area (Å²) in [6, 6.07) is 7.43. The number of anilines is 1. The van der Waals surface area contributed by atoms with Crippen LogP contribution < -0.4 is 10.6 Å². The second-order valence-corrected chi connectivity index (χ2v) is 4.88. The number of carbonyl (C=O) groups excluding carboxylic acids is 1. The van der Waals surface area contributed by atoms with E-state index in [0.29, 0.717) is 6.54 Å². The molecule has 21 heavy (non-hydrogen) atoms. The summed E-state index contributed by atoms with van der Waals surface area (Å²) < 4.78 is 1.55. The second kappa shape index (κ2) is 6.42. The van der Waals surface area contributed by atoms with Crippen molar-refractivity contribution >= 4 is 11.6 Å². The monoisotopic (exact) mass is 287 g/mol. The molecule has 1 aliphatic rings. The fourth-order valence-corrected chi connectivity index (χ4v) is 2.28. The van der Waals surface area contributed by atoms with Gasteiger partial charge in [-0.1, -0.05) is 6.07 Å². The van der Waals surface area contributed by atoms with Crippen LogP contribution >= 0.6 is 0 Å². The zero-order chi connectivity index (χ0) is 14.5. The molecule has 0 unspecified atom stereocenters. The molecule has 0 aliphatic carbocycles. The summed E-state index contributed by atoms with van der Waals surface area (Å²) in [5, 5.41) is 17.2. The van der Waals surface area contributed by atoms with Gasteiger partial charge in [0.2, 0.25) is 5.91 Å². The number of hydrogen-bond acceptors (Lipinski definition) is 6. The fourth-order valence-electron chi connectivity index (χ4n) is 2.28. The molecule has 1 saturated heterocycles. The molecule has 0 spiro atoms. The molecule has 0 radical (unpaired) electrons. The predicted molar refractivity (Wildman–Crippen MR) is 77.1 cm³/mol. The molecule has 1 aliphatic heterocycles. The van der Waals surface area contributed by atoms with Crippen LogP contribution in [0.3, 0.4) is 0 Å². The van der Waals surface area contributed by atoms with Gasteiger partial charge in [-0.15, -0.1) is 5.10 Å². The molecule has 2 N–H and O–H groups in total. The number of nitrogens with zero attached hydrogens (tertiary/aromatic N) is 5. The standard InChI is InChI=1S/C13H17N7O/c21-13(9-19-6-4-14-5-7-19)16-11-2-1-3-12(8-11)20-10-15-17-18-20/h1-3,8,10,14H,4-7,9H2,(H,16,21). The van der Waals surface area contributed by atoms with Crippen molar-refractivity contribution < 1.29 is 4.79 Å². The zero-order valence-electron chi connectivity index (χ0n) is 11.6. The van der Waals surface area contributed by atoms with Crippen LogP contribution in [0.15, 0.2) is 30.6 Å². The molecule has 8 heteroatoms. The van der Waals surface area contributed by atoms with E-state index in [9.17, 15) is 4.79 Å². The number of nitrogens with one attached hydrogen (secondary N) is 2. The molecular formula is C13H17N7O. The average Bonchev–Trinajstić information content (AvgIpc) is 3.02. The van der Waals surface area contributed by atoms with E-state index < -0.39 is 0 Å². The molecule has 0 bridgehead atoms. The Morgan fingerprint density at radius 2 is 2.19 bits per heavy atom. The van der Waals surface area contributed by atoms with Crippen molar-refractivity contribution in [2.75, 3.05) is 38.0 Å². The fraction of sp³-hybridized carbons (Fsp3) is 0.385. The van der Waals surface area contributed by atoms with Gasteiger partial charge in [0, 0.05) is 31.9 Å². The summed E-state index contributed by atoms with van der Waals surface area (Å²) in [6.07, 6.45) is 1.52. The molecule has 1 amide bonds. The maximum Gasteiger partial charge on any atom is 0.238 e. The van der Waals surface area contributed by atoms with Crippen LogP contribution in [0.5, 0.6) is 0 Å². The Morgan fingerprint density at radius 1 is 1.33 bits per heavy atom. The first-order valence-electron chi connectivity index (χ1n) is 6.87. The number of amides is 1.